The summed E-state index contributed by atoms with van der Waals surface area (Å²) in [7, 11) is 0. The van der Waals surface area contributed by atoms with Crippen molar-refractivity contribution >= 4 is 16.7 Å². The van der Waals surface area contributed by atoms with E-state index in [-0.39, 0.29) is 5.82 Å². The summed E-state index contributed by atoms with van der Waals surface area (Å²) in [6, 6.07) is 13.2. The van der Waals surface area contributed by atoms with Crippen LogP contribution >= 0.6 is 0 Å². The molecule has 0 fully saturated rings. The largest absolute Gasteiger partial charge is 0.438 e. The first kappa shape index (κ1) is 11.7. The number of benzene rings is 2. The summed E-state index contributed by atoms with van der Waals surface area (Å²) in [4.78, 5) is 4.29. The minimum atomic E-state index is -0.322. The Labute approximate surface area is 117 Å². The van der Waals surface area contributed by atoms with Gasteiger partial charge in [0.1, 0.15) is 11.6 Å². The summed E-state index contributed by atoms with van der Waals surface area (Å²) in [6.45, 7) is 0. The van der Waals surface area contributed by atoms with Crippen molar-refractivity contribution in [1.82, 2.24) is 25.0 Å². The highest BCUT2D eigenvalue weighted by Crippen LogP contribution is 2.28. The molecule has 21 heavy (non-hydrogen) atoms. The van der Waals surface area contributed by atoms with Crippen LogP contribution < -0.4 is 4.74 Å². The van der Waals surface area contributed by atoms with Gasteiger partial charge >= 0.3 is 0 Å². The number of aromatic nitrogens is 5. The molecule has 0 unspecified atom stereocenters. The number of tetrazole rings is 1. The van der Waals surface area contributed by atoms with Gasteiger partial charge in [-0.3, -0.25) is 0 Å². The lowest BCUT2D eigenvalue weighted by Gasteiger charge is -2.08. The highest BCUT2D eigenvalue weighted by molar-refractivity contribution is 5.85. The zero-order valence-corrected chi connectivity index (χ0v) is 10.6. The Kier molecular flexibility index (Phi) is 2.50. The van der Waals surface area contributed by atoms with Gasteiger partial charge in [-0.2, -0.15) is 9.50 Å². The van der Waals surface area contributed by atoms with Crippen molar-refractivity contribution < 1.29 is 9.13 Å². The highest BCUT2D eigenvalue weighted by Gasteiger charge is 2.12. The van der Waals surface area contributed by atoms with Crippen molar-refractivity contribution in [2.45, 2.75) is 0 Å². The molecule has 0 spiro atoms. The molecule has 0 saturated heterocycles. The average Bonchev–Trinajstić information content (AvgIpc) is 2.98. The number of fused-ring (bicyclic) bond motifs is 3. The van der Waals surface area contributed by atoms with E-state index in [4.69, 9.17) is 4.74 Å². The molecule has 2 aromatic heterocycles. The Morgan fingerprint density at radius 2 is 1.81 bits per heavy atom. The Morgan fingerprint density at radius 3 is 2.67 bits per heavy atom. The summed E-state index contributed by atoms with van der Waals surface area (Å²) < 4.78 is 20.2. The molecule has 4 aromatic rings. The second-order valence-electron chi connectivity index (χ2n) is 4.38. The number of halogens is 1. The van der Waals surface area contributed by atoms with Crippen molar-refractivity contribution in [3.63, 3.8) is 0 Å². The van der Waals surface area contributed by atoms with E-state index in [1.54, 1.807) is 0 Å². The fourth-order valence-corrected chi connectivity index (χ4v) is 2.09. The fourth-order valence-electron chi connectivity index (χ4n) is 2.09. The van der Waals surface area contributed by atoms with Gasteiger partial charge in [-0.05, 0) is 46.8 Å². The molecule has 0 aliphatic heterocycles. The maximum atomic E-state index is 12.9. The van der Waals surface area contributed by atoms with Crippen LogP contribution in [0.5, 0.6) is 11.6 Å². The molecule has 0 atom stereocenters. The maximum Gasteiger partial charge on any atom is 0.277 e. The predicted octanol–water partition coefficient (Wildman–Crippen LogP) is 2.60. The standard InChI is InChI=1S/C14H8FN5O/c15-9-5-7-10(8-6-9)21-13-11-3-1-2-4-12(11)20-14(16-13)17-18-19-20/h1-8H. The van der Waals surface area contributed by atoms with Crippen LogP contribution in [0.1, 0.15) is 0 Å². The first-order valence-corrected chi connectivity index (χ1v) is 6.21. The minimum Gasteiger partial charge on any atom is -0.438 e. The van der Waals surface area contributed by atoms with Gasteiger partial charge in [0.2, 0.25) is 5.88 Å². The van der Waals surface area contributed by atoms with Crippen molar-refractivity contribution in [3.05, 3.63) is 54.3 Å². The van der Waals surface area contributed by atoms with Gasteiger partial charge in [0.05, 0.1) is 10.9 Å². The molecule has 0 saturated carbocycles. The second kappa shape index (κ2) is 4.48. The lowest BCUT2D eigenvalue weighted by atomic mass is 10.2. The van der Waals surface area contributed by atoms with Crippen molar-refractivity contribution in [2.75, 3.05) is 0 Å². The van der Waals surface area contributed by atoms with Gasteiger partial charge in [-0.25, -0.2) is 4.39 Å². The number of hydrogen-bond acceptors (Lipinski definition) is 5. The normalized spacial score (nSPS) is 11.1. The number of para-hydroxylation sites is 1. The maximum absolute atomic E-state index is 12.9. The Morgan fingerprint density at radius 1 is 1.00 bits per heavy atom. The monoisotopic (exact) mass is 281 g/mol. The van der Waals surface area contributed by atoms with Crippen molar-refractivity contribution in [2.24, 2.45) is 0 Å². The zero-order chi connectivity index (χ0) is 14.2. The summed E-state index contributed by atoms with van der Waals surface area (Å²) in [5.74, 6) is 0.883. The second-order valence-corrected chi connectivity index (χ2v) is 4.38. The van der Waals surface area contributed by atoms with Crippen LogP contribution in [0.4, 0.5) is 4.39 Å². The van der Waals surface area contributed by atoms with Gasteiger partial charge in [-0.15, -0.1) is 0 Å². The molecule has 0 N–H and O–H groups in total. The Bertz CT molecular complexity index is 935. The molecular weight excluding hydrogens is 273 g/mol. The van der Waals surface area contributed by atoms with Crippen LogP contribution in [-0.2, 0) is 0 Å². The average molecular weight is 281 g/mol. The first-order valence-electron chi connectivity index (χ1n) is 6.21. The van der Waals surface area contributed by atoms with Crippen LogP contribution in [0.15, 0.2) is 48.5 Å². The third kappa shape index (κ3) is 1.95. The van der Waals surface area contributed by atoms with Gasteiger partial charge in [0.25, 0.3) is 5.78 Å². The van der Waals surface area contributed by atoms with E-state index in [9.17, 15) is 4.39 Å². The first-order chi connectivity index (χ1) is 10.3. The molecule has 0 amide bonds. The molecular formula is C14H8FN5O. The molecule has 4 rings (SSSR count). The van der Waals surface area contributed by atoms with E-state index in [2.05, 4.69) is 20.5 Å². The lowest BCUT2D eigenvalue weighted by Crippen LogP contribution is -1.97. The molecule has 0 aliphatic carbocycles. The van der Waals surface area contributed by atoms with Crippen LogP contribution in [0.25, 0.3) is 16.7 Å². The topological polar surface area (TPSA) is 65.2 Å². The molecule has 6 nitrogen and oxygen atoms in total. The van der Waals surface area contributed by atoms with E-state index in [0.29, 0.717) is 17.4 Å². The molecule has 7 heteroatoms. The zero-order valence-electron chi connectivity index (χ0n) is 10.6. The summed E-state index contributed by atoms with van der Waals surface area (Å²) in [5, 5.41) is 12.1. The quantitative estimate of drug-likeness (QED) is 0.565. The summed E-state index contributed by atoms with van der Waals surface area (Å²) in [5.41, 5.74) is 0.782. The minimum absolute atomic E-state index is 0.322. The van der Waals surface area contributed by atoms with Crippen LogP contribution in [0, 0.1) is 5.82 Å². The van der Waals surface area contributed by atoms with Gasteiger partial charge in [-0.1, -0.05) is 17.2 Å². The van der Waals surface area contributed by atoms with Gasteiger partial charge < -0.3 is 4.74 Å². The van der Waals surface area contributed by atoms with Crippen molar-refractivity contribution in [1.29, 1.82) is 0 Å². The SMILES string of the molecule is Fc1ccc(Oc2nc3nnnn3c3ccccc23)cc1. The molecule has 0 bridgehead atoms. The summed E-state index contributed by atoms with van der Waals surface area (Å²) in [6.07, 6.45) is 0. The van der Waals surface area contributed by atoms with Crippen LogP contribution in [0.3, 0.4) is 0 Å². The van der Waals surface area contributed by atoms with E-state index in [1.807, 2.05) is 24.3 Å². The lowest BCUT2D eigenvalue weighted by molar-refractivity contribution is 0.467. The molecule has 0 aliphatic rings. The summed E-state index contributed by atoms with van der Waals surface area (Å²) >= 11 is 0. The van der Waals surface area contributed by atoms with Crippen molar-refractivity contribution in [3.8, 4) is 11.6 Å². The number of hydrogen-bond donors (Lipinski definition) is 0. The number of rotatable bonds is 2. The Hall–Kier alpha value is -3.09. The van der Waals surface area contributed by atoms with E-state index in [1.165, 1.54) is 28.8 Å². The van der Waals surface area contributed by atoms with Gasteiger partial charge in [0.15, 0.2) is 0 Å². The fraction of sp³-hybridized carbons (Fsp3) is 0. The van der Waals surface area contributed by atoms with Crippen LogP contribution in [0.2, 0.25) is 0 Å². The number of ether oxygens (including phenoxy) is 1. The van der Waals surface area contributed by atoms with E-state index < -0.39 is 0 Å². The predicted molar refractivity (Wildman–Crippen MR) is 72.6 cm³/mol. The molecule has 2 aromatic carbocycles. The van der Waals surface area contributed by atoms with Crippen LogP contribution in [-0.4, -0.2) is 25.0 Å². The molecule has 102 valence electrons. The third-order valence-corrected chi connectivity index (χ3v) is 3.05. The van der Waals surface area contributed by atoms with Gasteiger partial charge in [0, 0.05) is 0 Å². The smallest absolute Gasteiger partial charge is 0.277 e. The molecule has 2 heterocycles. The van der Waals surface area contributed by atoms with E-state index >= 15 is 0 Å². The Balaban J connectivity index is 1.91. The number of nitrogens with zero attached hydrogens (tertiary/aromatic N) is 5. The molecule has 0 radical (unpaired) electrons. The van der Waals surface area contributed by atoms with E-state index in [0.717, 1.165) is 10.9 Å². The highest BCUT2D eigenvalue weighted by atomic mass is 19.1. The third-order valence-electron chi connectivity index (χ3n) is 3.05.